The van der Waals surface area contributed by atoms with Crippen molar-refractivity contribution in [3.8, 4) is 0 Å². The summed E-state index contributed by atoms with van der Waals surface area (Å²) in [5.41, 5.74) is 12.8. The average molecular weight is 396 g/mol. The maximum Gasteiger partial charge on any atom is 0.233 e. The van der Waals surface area contributed by atoms with Crippen LogP contribution in [0.15, 0.2) is 40.0 Å². The van der Waals surface area contributed by atoms with Gasteiger partial charge in [0.25, 0.3) is 0 Å². The van der Waals surface area contributed by atoms with Gasteiger partial charge in [-0.2, -0.15) is 0 Å². The molecule has 0 saturated carbocycles. The van der Waals surface area contributed by atoms with E-state index in [9.17, 15) is 9.59 Å². The fourth-order valence-electron chi connectivity index (χ4n) is 2.94. The highest BCUT2D eigenvalue weighted by atomic mass is 127. The Hall–Kier alpha value is -1.63. The van der Waals surface area contributed by atoms with Crippen LogP contribution in [0.4, 0.5) is 0 Å². The maximum absolute atomic E-state index is 12.3. The second kappa shape index (κ2) is 5.63. The van der Waals surface area contributed by atoms with Gasteiger partial charge in [0.15, 0.2) is 0 Å². The van der Waals surface area contributed by atoms with Gasteiger partial charge in [-0.15, -0.1) is 0 Å². The molecule has 0 radical (unpaired) electrons. The quantitative estimate of drug-likeness (QED) is 0.766. The number of carbonyl (C=O) groups is 2. The lowest BCUT2D eigenvalue weighted by Gasteiger charge is -2.37. The SMILES string of the molecule is Cc1ccc(C2(C(N)=O)C=CC=C(I)C2C(N)=O)c(C)c1. The standard InChI is InChI=1S/C16H17IN2O2/c1-9-5-6-11(10(2)8-9)16(15(19)21)7-3-4-12(17)13(16)14(18)20/h3-8,13H,1-2H3,(H2,18,20)(H2,19,21). The number of hydrogen-bond acceptors (Lipinski definition) is 2. The van der Waals surface area contributed by atoms with E-state index in [2.05, 4.69) is 0 Å². The number of primary amides is 2. The molecule has 21 heavy (non-hydrogen) atoms. The fourth-order valence-corrected chi connectivity index (χ4v) is 3.95. The molecule has 4 N–H and O–H groups in total. The Labute approximate surface area is 137 Å². The molecule has 4 nitrogen and oxygen atoms in total. The van der Waals surface area contributed by atoms with E-state index < -0.39 is 23.1 Å². The fraction of sp³-hybridized carbons (Fsp3) is 0.250. The van der Waals surface area contributed by atoms with E-state index in [1.54, 1.807) is 18.2 Å². The van der Waals surface area contributed by atoms with Crippen molar-refractivity contribution in [2.75, 3.05) is 0 Å². The van der Waals surface area contributed by atoms with Crippen molar-refractivity contribution in [1.82, 2.24) is 0 Å². The van der Waals surface area contributed by atoms with E-state index >= 15 is 0 Å². The zero-order chi connectivity index (χ0) is 15.8. The van der Waals surface area contributed by atoms with E-state index in [0.29, 0.717) is 3.58 Å². The van der Waals surface area contributed by atoms with E-state index in [1.165, 1.54) is 0 Å². The van der Waals surface area contributed by atoms with Crippen LogP contribution in [0, 0.1) is 19.8 Å². The van der Waals surface area contributed by atoms with Crippen molar-refractivity contribution in [1.29, 1.82) is 0 Å². The molecule has 2 atom stereocenters. The first kappa shape index (κ1) is 15.8. The predicted octanol–water partition coefficient (Wildman–Crippen LogP) is 2.02. The Bertz CT molecular complexity index is 679. The molecule has 2 rings (SSSR count). The number of carbonyl (C=O) groups excluding carboxylic acids is 2. The zero-order valence-corrected chi connectivity index (χ0v) is 14.0. The number of halogens is 1. The highest BCUT2D eigenvalue weighted by molar-refractivity contribution is 14.1. The van der Waals surface area contributed by atoms with Gasteiger partial charge in [-0.05, 0) is 47.6 Å². The average Bonchev–Trinajstić information content (AvgIpc) is 2.37. The van der Waals surface area contributed by atoms with Crippen LogP contribution in [0.1, 0.15) is 16.7 Å². The highest BCUT2D eigenvalue weighted by Gasteiger charge is 2.49. The van der Waals surface area contributed by atoms with Gasteiger partial charge in [0, 0.05) is 3.58 Å². The molecule has 0 spiro atoms. The predicted molar refractivity (Wildman–Crippen MR) is 90.7 cm³/mol. The topological polar surface area (TPSA) is 86.2 Å². The normalized spacial score (nSPS) is 24.5. The summed E-state index contributed by atoms with van der Waals surface area (Å²) in [4.78, 5) is 24.3. The molecule has 0 saturated heterocycles. The largest absolute Gasteiger partial charge is 0.369 e. The molecule has 1 aliphatic carbocycles. The molecule has 1 aromatic rings. The van der Waals surface area contributed by atoms with Crippen molar-refractivity contribution >= 4 is 34.4 Å². The minimum atomic E-state index is -1.23. The van der Waals surface area contributed by atoms with Gasteiger partial charge in [-0.25, -0.2) is 0 Å². The molecule has 0 heterocycles. The van der Waals surface area contributed by atoms with Crippen LogP contribution >= 0.6 is 22.6 Å². The number of rotatable bonds is 3. The smallest absolute Gasteiger partial charge is 0.233 e. The Morgan fingerprint density at radius 3 is 2.43 bits per heavy atom. The summed E-state index contributed by atoms with van der Waals surface area (Å²) >= 11 is 2.04. The summed E-state index contributed by atoms with van der Waals surface area (Å²) in [6, 6.07) is 5.73. The Morgan fingerprint density at radius 2 is 1.90 bits per heavy atom. The number of aryl methyl sites for hydroxylation is 2. The number of hydrogen-bond donors (Lipinski definition) is 2. The molecular formula is C16H17IN2O2. The van der Waals surface area contributed by atoms with Gasteiger partial charge >= 0.3 is 0 Å². The lowest BCUT2D eigenvalue weighted by atomic mass is 9.66. The number of nitrogens with two attached hydrogens (primary N) is 2. The molecule has 110 valence electrons. The zero-order valence-electron chi connectivity index (χ0n) is 11.9. The summed E-state index contributed by atoms with van der Waals surface area (Å²) in [5, 5.41) is 0. The molecule has 5 heteroatoms. The summed E-state index contributed by atoms with van der Waals surface area (Å²) in [6.45, 7) is 3.88. The lowest BCUT2D eigenvalue weighted by molar-refractivity contribution is -0.130. The van der Waals surface area contributed by atoms with Crippen LogP contribution in [-0.2, 0) is 15.0 Å². The molecule has 0 aromatic heterocycles. The number of benzene rings is 1. The molecule has 0 bridgehead atoms. The third kappa shape index (κ3) is 2.50. The van der Waals surface area contributed by atoms with Crippen LogP contribution in [0.5, 0.6) is 0 Å². The summed E-state index contributed by atoms with van der Waals surface area (Å²) < 4.78 is 0.710. The van der Waals surface area contributed by atoms with E-state index in [1.807, 2.05) is 54.6 Å². The molecule has 2 unspecified atom stereocenters. The van der Waals surface area contributed by atoms with Gasteiger partial charge < -0.3 is 11.5 Å². The van der Waals surface area contributed by atoms with Gasteiger partial charge in [-0.1, -0.05) is 42.0 Å². The van der Waals surface area contributed by atoms with Crippen LogP contribution in [0.2, 0.25) is 0 Å². The third-order valence-electron chi connectivity index (χ3n) is 3.87. The second-order valence-corrected chi connectivity index (χ2v) is 6.54. The second-order valence-electron chi connectivity index (χ2n) is 5.30. The van der Waals surface area contributed by atoms with Crippen LogP contribution in [-0.4, -0.2) is 11.8 Å². The van der Waals surface area contributed by atoms with E-state index in [0.717, 1.165) is 16.7 Å². The van der Waals surface area contributed by atoms with Crippen LogP contribution in [0.3, 0.4) is 0 Å². The van der Waals surface area contributed by atoms with Crippen molar-refractivity contribution in [2.24, 2.45) is 17.4 Å². The maximum atomic E-state index is 12.3. The first-order valence-electron chi connectivity index (χ1n) is 6.52. The number of allylic oxidation sites excluding steroid dienone is 2. The van der Waals surface area contributed by atoms with Crippen molar-refractivity contribution in [3.05, 3.63) is 56.7 Å². The molecule has 2 amide bonds. The monoisotopic (exact) mass is 396 g/mol. The van der Waals surface area contributed by atoms with Crippen molar-refractivity contribution < 1.29 is 9.59 Å². The molecule has 1 aromatic carbocycles. The third-order valence-corrected chi connectivity index (χ3v) is 4.85. The van der Waals surface area contributed by atoms with Crippen LogP contribution < -0.4 is 11.5 Å². The summed E-state index contributed by atoms with van der Waals surface area (Å²) in [7, 11) is 0. The van der Waals surface area contributed by atoms with Gasteiger partial charge in [0.1, 0.15) is 5.41 Å². The minimum Gasteiger partial charge on any atom is -0.369 e. The Morgan fingerprint density at radius 1 is 1.24 bits per heavy atom. The van der Waals surface area contributed by atoms with Crippen molar-refractivity contribution in [2.45, 2.75) is 19.3 Å². The molecule has 0 fully saturated rings. The van der Waals surface area contributed by atoms with Gasteiger partial charge in [0.2, 0.25) is 11.8 Å². The lowest BCUT2D eigenvalue weighted by Crippen LogP contribution is -2.52. The highest BCUT2D eigenvalue weighted by Crippen LogP contribution is 2.44. The summed E-state index contributed by atoms with van der Waals surface area (Å²) in [6.07, 6.45) is 5.22. The van der Waals surface area contributed by atoms with E-state index in [-0.39, 0.29) is 0 Å². The minimum absolute atomic E-state index is 0.557. The first-order chi connectivity index (χ1) is 9.80. The molecule has 1 aliphatic rings. The van der Waals surface area contributed by atoms with E-state index in [4.69, 9.17) is 11.5 Å². The van der Waals surface area contributed by atoms with Gasteiger partial charge in [-0.3, -0.25) is 9.59 Å². The Balaban J connectivity index is 2.77. The Kier molecular flexibility index (Phi) is 4.22. The molecule has 0 aliphatic heterocycles. The van der Waals surface area contributed by atoms with Crippen LogP contribution in [0.25, 0.3) is 0 Å². The summed E-state index contributed by atoms with van der Waals surface area (Å²) in [5.74, 6) is -1.91. The van der Waals surface area contributed by atoms with Gasteiger partial charge in [0.05, 0.1) is 5.92 Å². The first-order valence-corrected chi connectivity index (χ1v) is 7.60. The van der Waals surface area contributed by atoms with Crippen molar-refractivity contribution in [3.63, 3.8) is 0 Å². The molecular weight excluding hydrogens is 379 g/mol. The number of amides is 2.